The van der Waals surface area contributed by atoms with Gasteiger partial charge in [0.25, 0.3) is 0 Å². The fourth-order valence-electron chi connectivity index (χ4n) is 1.29. The molecule has 0 amide bonds. The number of hydrazone groups is 1. The minimum Gasteiger partial charge on any atom is -0.287 e. The van der Waals surface area contributed by atoms with Crippen molar-refractivity contribution < 1.29 is 4.79 Å². The zero-order chi connectivity index (χ0) is 12.1. The molecule has 0 bridgehead atoms. The third-order valence-electron chi connectivity index (χ3n) is 2.06. The van der Waals surface area contributed by atoms with Crippen LogP contribution in [0.15, 0.2) is 40.8 Å². The lowest BCUT2D eigenvalue weighted by Crippen LogP contribution is -2.01. The molecule has 0 unspecified atom stereocenters. The quantitative estimate of drug-likeness (QED) is 0.512. The van der Waals surface area contributed by atoms with Gasteiger partial charge >= 0.3 is 0 Å². The van der Waals surface area contributed by atoms with Crippen molar-refractivity contribution in [2.24, 2.45) is 5.10 Å². The minimum absolute atomic E-state index is 0.0737. The van der Waals surface area contributed by atoms with Crippen LogP contribution < -0.4 is 5.43 Å². The van der Waals surface area contributed by atoms with E-state index in [4.69, 9.17) is 0 Å². The maximum absolute atomic E-state index is 12.0. The third-order valence-corrected chi connectivity index (χ3v) is 2.81. The average Bonchev–Trinajstić information content (AvgIpc) is 2.85. The van der Waals surface area contributed by atoms with Crippen molar-refractivity contribution in [3.05, 3.63) is 47.0 Å². The Labute approximate surface area is 103 Å². The first-order valence-corrected chi connectivity index (χ1v) is 5.98. The van der Waals surface area contributed by atoms with E-state index in [2.05, 4.69) is 15.5 Å². The summed E-state index contributed by atoms with van der Waals surface area (Å²) in [5, 5.41) is 6.19. The first kappa shape index (κ1) is 11.5. The fraction of sp³-hybridized carbons (Fsp3) is 0.0833. The van der Waals surface area contributed by atoms with Crippen LogP contribution in [-0.2, 0) is 0 Å². The lowest BCUT2D eigenvalue weighted by Gasteiger charge is -1.95. The predicted octanol–water partition coefficient (Wildman–Crippen LogP) is 2.79. The molecule has 0 aliphatic heterocycles. The molecule has 0 saturated heterocycles. The van der Waals surface area contributed by atoms with E-state index in [0.717, 1.165) is 0 Å². The van der Waals surface area contributed by atoms with Crippen molar-refractivity contribution in [3.63, 3.8) is 0 Å². The van der Waals surface area contributed by atoms with Gasteiger partial charge in [0.1, 0.15) is 5.69 Å². The molecule has 1 aromatic heterocycles. The van der Waals surface area contributed by atoms with Crippen molar-refractivity contribution in [3.8, 4) is 0 Å². The normalized spacial score (nSPS) is 10.6. The van der Waals surface area contributed by atoms with Crippen molar-refractivity contribution in [2.75, 3.05) is 5.43 Å². The Morgan fingerprint density at radius 2 is 2.18 bits per heavy atom. The van der Waals surface area contributed by atoms with Crippen molar-refractivity contribution >= 4 is 28.5 Å². The Bertz CT molecular complexity index is 534. The third kappa shape index (κ3) is 2.76. The van der Waals surface area contributed by atoms with Gasteiger partial charge in [-0.3, -0.25) is 10.2 Å². The van der Waals surface area contributed by atoms with E-state index >= 15 is 0 Å². The molecule has 0 aliphatic rings. The number of thiazole rings is 1. The number of anilines is 1. The smallest absolute Gasteiger partial charge is 0.212 e. The highest BCUT2D eigenvalue weighted by atomic mass is 32.1. The van der Waals surface area contributed by atoms with Crippen LogP contribution >= 0.6 is 11.3 Å². The van der Waals surface area contributed by atoms with Gasteiger partial charge in [-0.1, -0.05) is 30.3 Å². The van der Waals surface area contributed by atoms with Gasteiger partial charge in [-0.05, 0) is 6.92 Å². The molecule has 5 heteroatoms. The molecule has 1 aromatic carbocycles. The topological polar surface area (TPSA) is 54.4 Å². The highest BCUT2D eigenvalue weighted by Crippen LogP contribution is 2.17. The summed E-state index contributed by atoms with van der Waals surface area (Å²) in [5.74, 6) is -0.0737. The zero-order valence-electron chi connectivity index (χ0n) is 9.25. The molecule has 0 saturated carbocycles. The standard InChI is InChI=1S/C12H11N3OS/c1-2-13-15-12-14-10(8-17-12)11(16)9-6-4-3-5-7-9/h2-8H,1H3,(H,14,15)/b13-2-. The Kier molecular flexibility index (Phi) is 3.62. The van der Waals surface area contributed by atoms with Crippen LogP contribution in [0.1, 0.15) is 23.0 Å². The van der Waals surface area contributed by atoms with Crippen LogP contribution in [0.25, 0.3) is 0 Å². The van der Waals surface area contributed by atoms with Gasteiger partial charge in [0.15, 0.2) is 0 Å². The first-order chi connectivity index (χ1) is 8.31. The van der Waals surface area contributed by atoms with E-state index < -0.39 is 0 Å². The lowest BCUT2D eigenvalue weighted by atomic mass is 10.1. The van der Waals surface area contributed by atoms with Crippen LogP contribution in [0, 0.1) is 0 Å². The van der Waals surface area contributed by atoms with E-state index in [0.29, 0.717) is 16.4 Å². The van der Waals surface area contributed by atoms with E-state index in [1.165, 1.54) is 11.3 Å². The molecule has 1 heterocycles. The maximum Gasteiger partial charge on any atom is 0.212 e. The van der Waals surface area contributed by atoms with Crippen LogP contribution in [0.5, 0.6) is 0 Å². The molecular formula is C12H11N3OS. The second-order valence-corrected chi connectivity index (χ2v) is 4.09. The number of nitrogens with zero attached hydrogens (tertiary/aromatic N) is 2. The molecule has 0 atom stereocenters. The van der Waals surface area contributed by atoms with E-state index in [-0.39, 0.29) is 5.78 Å². The van der Waals surface area contributed by atoms with Gasteiger partial charge in [-0.2, -0.15) is 5.10 Å². The Hall–Kier alpha value is -2.01. The number of carbonyl (C=O) groups excluding carboxylic acids is 1. The van der Waals surface area contributed by atoms with Crippen LogP contribution in [0.2, 0.25) is 0 Å². The van der Waals surface area contributed by atoms with Crippen molar-refractivity contribution in [1.82, 2.24) is 4.98 Å². The van der Waals surface area contributed by atoms with E-state index in [1.807, 2.05) is 18.2 Å². The number of nitrogens with one attached hydrogen (secondary N) is 1. The number of ketones is 1. The Balaban J connectivity index is 2.18. The molecule has 1 N–H and O–H groups in total. The molecule has 2 aromatic rings. The van der Waals surface area contributed by atoms with Crippen LogP contribution in [0.4, 0.5) is 5.13 Å². The fourth-order valence-corrected chi connectivity index (χ4v) is 1.93. The SMILES string of the molecule is C/C=N\Nc1nc(C(=O)c2ccccc2)cs1. The largest absolute Gasteiger partial charge is 0.287 e. The maximum atomic E-state index is 12.0. The van der Waals surface area contributed by atoms with Gasteiger partial charge in [0, 0.05) is 17.2 Å². The molecule has 0 spiro atoms. The number of aromatic nitrogens is 1. The van der Waals surface area contributed by atoms with Crippen molar-refractivity contribution in [1.29, 1.82) is 0 Å². The van der Waals surface area contributed by atoms with Gasteiger partial charge in [0.05, 0.1) is 0 Å². The van der Waals surface area contributed by atoms with Crippen LogP contribution in [0.3, 0.4) is 0 Å². The first-order valence-electron chi connectivity index (χ1n) is 5.10. The second-order valence-electron chi connectivity index (χ2n) is 3.23. The number of benzene rings is 1. The zero-order valence-corrected chi connectivity index (χ0v) is 10.1. The second kappa shape index (κ2) is 5.36. The monoisotopic (exact) mass is 245 g/mol. The highest BCUT2D eigenvalue weighted by molar-refractivity contribution is 7.13. The molecule has 17 heavy (non-hydrogen) atoms. The predicted molar refractivity (Wildman–Crippen MR) is 69.8 cm³/mol. The molecule has 0 fully saturated rings. The van der Waals surface area contributed by atoms with Crippen LogP contribution in [-0.4, -0.2) is 17.0 Å². The molecule has 86 valence electrons. The minimum atomic E-state index is -0.0737. The Morgan fingerprint density at radius 3 is 2.88 bits per heavy atom. The highest BCUT2D eigenvalue weighted by Gasteiger charge is 2.12. The van der Waals surface area contributed by atoms with Gasteiger partial charge in [0.2, 0.25) is 10.9 Å². The van der Waals surface area contributed by atoms with E-state index in [1.54, 1.807) is 30.7 Å². The summed E-state index contributed by atoms with van der Waals surface area (Å²) in [4.78, 5) is 16.2. The van der Waals surface area contributed by atoms with E-state index in [9.17, 15) is 4.79 Å². The Morgan fingerprint density at radius 1 is 1.41 bits per heavy atom. The molecule has 2 rings (SSSR count). The number of carbonyl (C=O) groups is 1. The number of hydrogen-bond acceptors (Lipinski definition) is 5. The average molecular weight is 245 g/mol. The van der Waals surface area contributed by atoms with Gasteiger partial charge < -0.3 is 0 Å². The van der Waals surface area contributed by atoms with Gasteiger partial charge in [-0.25, -0.2) is 4.98 Å². The summed E-state index contributed by atoms with van der Waals surface area (Å²) in [7, 11) is 0. The lowest BCUT2D eigenvalue weighted by molar-refractivity contribution is 0.103. The molecule has 4 nitrogen and oxygen atoms in total. The molecule has 0 aliphatic carbocycles. The summed E-state index contributed by atoms with van der Waals surface area (Å²) in [6.45, 7) is 1.80. The van der Waals surface area contributed by atoms with Crippen molar-refractivity contribution in [2.45, 2.75) is 6.92 Å². The van der Waals surface area contributed by atoms with Gasteiger partial charge in [-0.15, -0.1) is 11.3 Å². The molecular weight excluding hydrogens is 234 g/mol. The number of hydrogen-bond donors (Lipinski definition) is 1. The summed E-state index contributed by atoms with van der Waals surface area (Å²) in [6, 6.07) is 9.10. The summed E-state index contributed by atoms with van der Waals surface area (Å²) in [6.07, 6.45) is 1.63. The summed E-state index contributed by atoms with van der Waals surface area (Å²) in [5.41, 5.74) is 3.83. The number of rotatable bonds is 4. The summed E-state index contributed by atoms with van der Waals surface area (Å²) < 4.78 is 0. The summed E-state index contributed by atoms with van der Waals surface area (Å²) >= 11 is 1.36. The molecule has 0 radical (unpaired) electrons.